The van der Waals surface area contributed by atoms with Gasteiger partial charge in [0.15, 0.2) is 23.9 Å². The van der Waals surface area contributed by atoms with E-state index in [9.17, 15) is 14.4 Å². The molecule has 182 valence electrons. The van der Waals surface area contributed by atoms with E-state index in [2.05, 4.69) is 5.32 Å². The van der Waals surface area contributed by atoms with E-state index in [0.29, 0.717) is 43.2 Å². The van der Waals surface area contributed by atoms with Crippen LogP contribution in [0.1, 0.15) is 45.7 Å². The van der Waals surface area contributed by atoms with E-state index in [1.165, 1.54) is 6.07 Å². The summed E-state index contributed by atoms with van der Waals surface area (Å²) in [5.41, 5.74) is 1.78. The first-order chi connectivity index (χ1) is 17.0. The molecule has 35 heavy (non-hydrogen) atoms. The van der Waals surface area contributed by atoms with Gasteiger partial charge in [0.05, 0.1) is 18.8 Å². The lowest BCUT2D eigenvalue weighted by atomic mass is 9.98. The molecule has 1 N–H and O–H groups in total. The van der Waals surface area contributed by atoms with Gasteiger partial charge in [0.25, 0.3) is 5.91 Å². The number of carbonyl (C=O) groups is 3. The topological polar surface area (TPSA) is 90.9 Å². The normalized spacial score (nSPS) is 10.3. The average molecular weight is 476 g/mol. The highest BCUT2D eigenvalue weighted by molar-refractivity contribution is 6.14. The highest BCUT2D eigenvalue weighted by Crippen LogP contribution is 2.28. The van der Waals surface area contributed by atoms with Crippen molar-refractivity contribution in [2.75, 3.05) is 26.4 Å². The number of esters is 1. The predicted molar refractivity (Wildman–Crippen MR) is 132 cm³/mol. The number of ether oxygens (including phenoxy) is 3. The van der Waals surface area contributed by atoms with E-state index in [4.69, 9.17) is 14.2 Å². The molecule has 0 aliphatic carbocycles. The van der Waals surface area contributed by atoms with Gasteiger partial charge in [0.2, 0.25) is 0 Å². The van der Waals surface area contributed by atoms with Crippen molar-refractivity contribution >= 4 is 17.7 Å². The van der Waals surface area contributed by atoms with Gasteiger partial charge in [-0.3, -0.25) is 9.59 Å². The third-order valence-electron chi connectivity index (χ3n) is 5.11. The Morgan fingerprint density at radius 3 is 2.14 bits per heavy atom. The SMILES string of the molecule is CCOc1ccc(CCNC(=O)COC(=O)c2ccccc2C(=O)c2ccccc2)cc1OCC. The molecule has 0 aliphatic rings. The van der Waals surface area contributed by atoms with Crippen LogP contribution in [0.25, 0.3) is 0 Å². The molecule has 0 unspecified atom stereocenters. The summed E-state index contributed by atoms with van der Waals surface area (Å²) in [5, 5.41) is 2.74. The first-order valence-corrected chi connectivity index (χ1v) is 11.5. The lowest BCUT2D eigenvalue weighted by Gasteiger charge is -2.13. The number of carbonyl (C=O) groups excluding carboxylic acids is 3. The average Bonchev–Trinajstić information content (AvgIpc) is 2.89. The minimum absolute atomic E-state index is 0.118. The second-order valence-corrected chi connectivity index (χ2v) is 7.56. The number of hydrogen-bond donors (Lipinski definition) is 1. The van der Waals surface area contributed by atoms with Gasteiger partial charge in [-0.05, 0) is 44.0 Å². The highest BCUT2D eigenvalue weighted by Gasteiger charge is 2.19. The molecular weight excluding hydrogens is 446 g/mol. The molecule has 0 saturated carbocycles. The largest absolute Gasteiger partial charge is 0.490 e. The zero-order chi connectivity index (χ0) is 25.0. The Bertz CT molecular complexity index is 1160. The van der Waals surface area contributed by atoms with Crippen molar-refractivity contribution in [3.05, 3.63) is 95.1 Å². The van der Waals surface area contributed by atoms with Crippen LogP contribution in [0.4, 0.5) is 0 Å². The number of amides is 1. The van der Waals surface area contributed by atoms with Crippen molar-refractivity contribution in [2.45, 2.75) is 20.3 Å². The molecule has 3 aromatic carbocycles. The maximum absolute atomic E-state index is 12.8. The fourth-order valence-electron chi connectivity index (χ4n) is 3.46. The number of rotatable bonds is 12. The summed E-state index contributed by atoms with van der Waals surface area (Å²) in [4.78, 5) is 37.6. The van der Waals surface area contributed by atoms with Crippen molar-refractivity contribution in [1.82, 2.24) is 5.32 Å². The summed E-state index contributed by atoms with van der Waals surface area (Å²) in [6.45, 7) is 4.79. The Kier molecular flexibility index (Phi) is 9.42. The molecule has 0 heterocycles. The van der Waals surface area contributed by atoms with Gasteiger partial charge >= 0.3 is 5.97 Å². The molecule has 0 atom stereocenters. The van der Waals surface area contributed by atoms with E-state index in [-0.39, 0.29) is 16.9 Å². The smallest absolute Gasteiger partial charge is 0.339 e. The Labute approximate surface area is 205 Å². The summed E-state index contributed by atoms with van der Waals surface area (Å²) >= 11 is 0. The Hall–Kier alpha value is -4.13. The van der Waals surface area contributed by atoms with E-state index in [0.717, 1.165) is 5.56 Å². The van der Waals surface area contributed by atoms with E-state index in [1.54, 1.807) is 42.5 Å². The predicted octanol–water partition coefficient (Wildman–Crippen LogP) is 4.23. The van der Waals surface area contributed by atoms with E-state index >= 15 is 0 Å². The molecule has 0 saturated heterocycles. The molecule has 0 bridgehead atoms. The molecule has 0 aliphatic heterocycles. The second kappa shape index (κ2) is 12.9. The molecule has 0 aromatic heterocycles. The lowest BCUT2D eigenvalue weighted by Crippen LogP contribution is -2.30. The van der Waals surface area contributed by atoms with Gasteiger partial charge in [-0.15, -0.1) is 0 Å². The van der Waals surface area contributed by atoms with Crippen LogP contribution in [0.15, 0.2) is 72.8 Å². The van der Waals surface area contributed by atoms with E-state index < -0.39 is 18.5 Å². The van der Waals surface area contributed by atoms with Crippen molar-refractivity contribution in [1.29, 1.82) is 0 Å². The van der Waals surface area contributed by atoms with Gasteiger partial charge < -0.3 is 19.5 Å². The van der Waals surface area contributed by atoms with Crippen LogP contribution in [-0.2, 0) is 16.0 Å². The van der Waals surface area contributed by atoms with Crippen molar-refractivity contribution < 1.29 is 28.6 Å². The van der Waals surface area contributed by atoms with Crippen molar-refractivity contribution in [3.8, 4) is 11.5 Å². The summed E-state index contributed by atoms with van der Waals surface area (Å²) in [6, 6.07) is 20.7. The quantitative estimate of drug-likeness (QED) is 0.311. The van der Waals surface area contributed by atoms with Crippen LogP contribution >= 0.6 is 0 Å². The summed E-state index contributed by atoms with van der Waals surface area (Å²) in [7, 11) is 0. The molecule has 3 rings (SSSR count). The van der Waals surface area contributed by atoms with Crippen LogP contribution in [0, 0.1) is 0 Å². The van der Waals surface area contributed by atoms with Crippen LogP contribution in [0.5, 0.6) is 11.5 Å². The molecule has 7 nitrogen and oxygen atoms in total. The standard InChI is InChI=1S/C28H29NO6/c1-3-33-24-15-14-20(18-25(24)34-4-2)16-17-29-26(30)19-35-28(32)23-13-9-8-12-22(23)27(31)21-10-6-5-7-11-21/h5-15,18H,3-4,16-17,19H2,1-2H3,(H,29,30). The minimum atomic E-state index is -0.729. The number of ketones is 1. The van der Waals surface area contributed by atoms with E-state index in [1.807, 2.05) is 38.1 Å². The van der Waals surface area contributed by atoms with Crippen LogP contribution < -0.4 is 14.8 Å². The fraction of sp³-hybridized carbons (Fsp3) is 0.250. The molecule has 1 amide bonds. The molecule has 3 aromatic rings. The van der Waals surface area contributed by atoms with Gasteiger partial charge in [0.1, 0.15) is 0 Å². The third kappa shape index (κ3) is 7.17. The van der Waals surface area contributed by atoms with Crippen molar-refractivity contribution in [2.24, 2.45) is 0 Å². The third-order valence-corrected chi connectivity index (χ3v) is 5.11. The van der Waals surface area contributed by atoms with Crippen LogP contribution in [0.2, 0.25) is 0 Å². The number of hydrogen-bond acceptors (Lipinski definition) is 6. The maximum Gasteiger partial charge on any atom is 0.339 e. The Balaban J connectivity index is 1.52. The van der Waals surface area contributed by atoms with Gasteiger partial charge in [-0.25, -0.2) is 4.79 Å². The van der Waals surface area contributed by atoms with Crippen LogP contribution in [0.3, 0.4) is 0 Å². The zero-order valence-corrected chi connectivity index (χ0v) is 19.9. The molecular formula is C28H29NO6. The Morgan fingerprint density at radius 2 is 1.43 bits per heavy atom. The molecule has 7 heteroatoms. The monoisotopic (exact) mass is 475 g/mol. The number of nitrogens with one attached hydrogen (secondary N) is 1. The Morgan fingerprint density at radius 1 is 0.771 bits per heavy atom. The number of benzene rings is 3. The summed E-state index contributed by atoms with van der Waals surface area (Å²) in [5.74, 6) is -0.102. The highest BCUT2D eigenvalue weighted by atomic mass is 16.5. The van der Waals surface area contributed by atoms with Gasteiger partial charge in [-0.1, -0.05) is 54.6 Å². The first kappa shape index (κ1) is 25.5. The zero-order valence-electron chi connectivity index (χ0n) is 19.9. The van der Waals surface area contributed by atoms with Crippen LogP contribution in [-0.4, -0.2) is 44.0 Å². The summed E-state index contributed by atoms with van der Waals surface area (Å²) < 4.78 is 16.4. The molecule has 0 spiro atoms. The second-order valence-electron chi connectivity index (χ2n) is 7.56. The molecule has 0 radical (unpaired) electrons. The lowest BCUT2D eigenvalue weighted by molar-refractivity contribution is -0.124. The fourth-order valence-corrected chi connectivity index (χ4v) is 3.46. The molecule has 0 fully saturated rings. The minimum Gasteiger partial charge on any atom is -0.490 e. The summed E-state index contributed by atoms with van der Waals surface area (Å²) in [6.07, 6.45) is 0.570. The maximum atomic E-state index is 12.8. The van der Waals surface area contributed by atoms with Crippen molar-refractivity contribution in [3.63, 3.8) is 0 Å². The van der Waals surface area contributed by atoms with Gasteiger partial charge in [-0.2, -0.15) is 0 Å². The van der Waals surface area contributed by atoms with Gasteiger partial charge in [0, 0.05) is 17.7 Å². The first-order valence-electron chi connectivity index (χ1n) is 11.5.